The molecule has 2 rings (SSSR count). The van der Waals surface area contributed by atoms with Crippen LogP contribution in [0.3, 0.4) is 0 Å². The summed E-state index contributed by atoms with van der Waals surface area (Å²) in [5, 5.41) is 3.39. The number of benzene rings is 2. The summed E-state index contributed by atoms with van der Waals surface area (Å²) in [6, 6.07) is 12.7. The normalized spacial score (nSPS) is 10.2. The van der Waals surface area contributed by atoms with Crippen LogP contribution in [0.5, 0.6) is 0 Å². The summed E-state index contributed by atoms with van der Waals surface area (Å²) in [4.78, 5) is 14.2. The summed E-state index contributed by atoms with van der Waals surface area (Å²) in [7, 11) is 3.91. The number of amides is 1. The first-order chi connectivity index (χ1) is 9.49. The Bertz CT molecular complexity index is 626. The Morgan fingerprint density at radius 2 is 1.80 bits per heavy atom. The second kappa shape index (κ2) is 6.29. The fourth-order valence-electron chi connectivity index (χ4n) is 1.71. The lowest BCUT2D eigenvalue weighted by atomic mass is 10.2. The zero-order valence-corrected chi connectivity index (χ0v) is 13.5. The van der Waals surface area contributed by atoms with E-state index < -0.39 is 0 Å². The topological polar surface area (TPSA) is 32.3 Å². The smallest absolute Gasteiger partial charge is 0.255 e. The van der Waals surface area contributed by atoms with Crippen molar-refractivity contribution >= 4 is 44.8 Å². The molecule has 0 heterocycles. The molecule has 0 aliphatic rings. The van der Waals surface area contributed by atoms with E-state index >= 15 is 0 Å². The number of nitrogens with zero attached hydrogens (tertiary/aromatic N) is 1. The van der Waals surface area contributed by atoms with Gasteiger partial charge in [-0.25, -0.2) is 0 Å². The van der Waals surface area contributed by atoms with E-state index in [2.05, 4.69) is 21.2 Å². The largest absolute Gasteiger partial charge is 0.378 e. The van der Waals surface area contributed by atoms with E-state index in [0.29, 0.717) is 20.7 Å². The number of rotatable bonds is 3. The lowest BCUT2D eigenvalue weighted by Gasteiger charge is -2.13. The Morgan fingerprint density at radius 1 is 1.15 bits per heavy atom. The van der Waals surface area contributed by atoms with E-state index in [-0.39, 0.29) is 5.91 Å². The molecule has 1 N–H and O–H groups in total. The van der Waals surface area contributed by atoms with Gasteiger partial charge < -0.3 is 10.2 Å². The molecule has 0 radical (unpaired) electrons. The van der Waals surface area contributed by atoms with Crippen LogP contribution in [0.4, 0.5) is 11.4 Å². The maximum Gasteiger partial charge on any atom is 0.255 e. The minimum absolute atomic E-state index is 0.168. The molecule has 2 aromatic carbocycles. The highest BCUT2D eigenvalue weighted by Crippen LogP contribution is 2.30. The molecular weight excluding hydrogens is 340 g/mol. The molecule has 0 aliphatic carbocycles. The summed E-state index contributed by atoms with van der Waals surface area (Å²) >= 11 is 9.35. The Labute approximate surface area is 131 Å². The van der Waals surface area contributed by atoms with Gasteiger partial charge in [0.1, 0.15) is 0 Å². The molecule has 0 fully saturated rings. The minimum Gasteiger partial charge on any atom is -0.378 e. The number of anilines is 2. The predicted octanol–water partition coefficient (Wildman–Crippen LogP) is 4.42. The van der Waals surface area contributed by atoms with Gasteiger partial charge in [0.25, 0.3) is 5.91 Å². The predicted molar refractivity (Wildman–Crippen MR) is 87.9 cm³/mol. The molecule has 2 aromatic rings. The quantitative estimate of drug-likeness (QED) is 0.886. The molecule has 1 amide bonds. The van der Waals surface area contributed by atoms with Crippen LogP contribution in [0.2, 0.25) is 5.02 Å². The summed E-state index contributed by atoms with van der Waals surface area (Å²) in [5.41, 5.74) is 2.30. The zero-order chi connectivity index (χ0) is 14.7. The van der Waals surface area contributed by atoms with Gasteiger partial charge in [0.15, 0.2) is 0 Å². The first kappa shape index (κ1) is 14.9. The molecule has 104 valence electrons. The Hall–Kier alpha value is -1.52. The first-order valence-corrected chi connectivity index (χ1v) is 7.19. The van der Waals surface area contributed by atoms with Crippen LogP contribution in [0, 0.1) is 0 Å². The molecule has 0 saturated heterocycles. The average molecular weight is 354 g/mol. The highest BCUT2D eigenvalue weighted by Gasteiger charge is 2.10. The van der Waals surface area contributed by atoms with E-state index in [1.165, 1.54) is 0 Å². The van der Waals surface area contributed by atoms with E-state index in [0.717, 1.165) is 5.69 Å². The van der Waals surface area contributed by atoms with Gasteiger partial charge in [-0.15, -0.1) is 0 Å². The molecular formula is C15H14BrClN2O. The van der Waals surface area contributed by atoms with Crippen molar-refractivity contribution < 1.29 is 4.79 Å². The number of halogens is 2. The van der Waals surface area contributed by atoms with Gasteiger partial charge in [0.2, 0.25) is 0 Å². The number of carbonyl (C=O) groups excluding carboxylic acids is 1. The third kappa shape index (κ3) is 3.32. The molecule has 0 saturated carbocycles. The number of carbonyl (C=O) groups is 1. The molecule has 0 unspecified atom stereocenters. The number of hydrogen-bond acceptors (Lipinski definition) is 2. The Kier molecular flexibility index (Phi) is 4.68. The highest BCUT2D eigenvalue weighted by molar-refractivity contribution is 9.10. The third-order valence-electron chi connectivity index (χ3n) is 2.85. The van der Waals surface area contributed by atoms with Gasteiger partial charge in [0, 0.05) is 25.3 Å². The molecule has 20 heavy (non-hydrogen) atoms. The van der Waals surface area contributed by atoms with Gasteiger partial charge >= 0.3 is 0 Å². The SMILES string of the molecule is CN(C)c1ccc(C(=O)Nc2cccc(Cl)c2Br)cc1. The average Bonchev–Trinajstić information content (AvgIpc) is 2.44. The van der Waals surface area contributed by atoms with Crippen molar-refractivity contribution in [3.05, 3.63) is 57.5 Å². The van der Waals surface area contributed by atoms with Crippen molar-refractivity contribution in [2.24, 2.45) is 0 Å². The highest BCUT2D eigenvalue weighted by atomic mass is 79.9. The van der Waals surface area contributed by atoms with Crippen molar-refractivity contribution in [2.75, 3.05) is 24.3 Å². The monoisotopic (exact) mass is 352 g/mol. The van der Waals surface area contributed by atoms with Crippen molar-refractivity contribution in [3.8, 4) is 0 Å². The van der Waals surface area contributed by atoms with Gasteiger partial charge in [0.05, 0.1) is 15.2 Å². The van der Waals surface area contributed by atoms with Gasteiger partial charge in [-0.3, -0.25) is 4.79 Å². The maximum absolute atomic E-state index is 12.2. The summed E-state index contributed by atoms with van der Waals surface area (Å²) in [6.07, 6.45) is 0. The summed E-state index contributed by atoms with van der Waals surface area (Å²) in [6.45, 7) is 0. The second-order valence-corrected chi connectivity index (χ2v) is 5.70. The van der Waals surface area contributed by atoms with Crippen molar-refractivity contribution in [2.45, 2.75) is 0 Å². The van der Waals surface area contributed by atoms with Crippen molar-refractivity contribution in [3.63, 3.8) is 0 Å². The number of hydrogen-bond donors (Lipinski definition) is 1. The fourth-order valence-corrected chi connectivity index (χ4v) is 2.24. The molecule has 0 atom stereocenters. The van der Waals surface area contributed by atoms with E-state index in [1.807, 2.05) is 31.1 Å². The molecule has 5 heteroatoms. The van der Waals surface area contributed by atoms with Crippen LogP contribution in [0.1, 0.15) is 10.4 Å². The number of nitrogens with one attached hydrogen (secondary N) is 1. The van der Waals surface area contributed by atoms with Crippen LogP contribution in [-0.2, 0) is 0 Å². The molecule has 3 nitrogen and oxygen atoms in total. The third-order valence-corrected chi connectivity index (χ3v) is 4.24. The van der Waals surface area contributed by atoms with Crippen molar-refractivity contribution in [1.82, 2.24) is 0 Å². The zero-order valence-electron chi connectivity index (χ0n) is 11.2. The fraction of sp³-hybridized carbons (Fsp3) is 0.133. The first-order valence-electron chi connectivity index (χ1n) is 6.02. The minimum atomic E-state index is -0.168. The van der Waals surface area contributed by atoms with Gasteiger partial charge in [-0.05, 0) is 52.3 Å². The van der Waals surface area contributed by atoms with Crippen LogP contribution in [-0.4, -0.2) is 20.0 Å². The molecule has 0 aromatic heterocycles. The molecule has 0 bridgehead atoms. The van der Waals surface area contributed by atoms with E-state index in [4.69, 9.17) is 11.6 Å². The standard InChI is InChI=1S/C15H14BrClN2O/c1-19(2)11-8-6-10(7-9-11)15(20)18-13-5-3-4-12(17)14(13)16/h3-9H,1-2H3,(H,18,20). The van der Waals surface area contributed by atoms with Crippen LogP contribution in [0.15, 0.2) is 46.9 Å². The second-order valence-electron chi connectivity index (χ2n) is 4.50. The Balaban J connectivity index is 2.18. The van der Waals surface area contributed by atoms with Gasteiger partial charge in [-0.2, -0.15) is 0 Å². The lowest BCUT2D eigenvalue weighted by molar-refractivity contribution is 0.102. The Morgan fingerprint density at radius 3 is 2.40 bits per heavy atom. The van der Waals surface area contributed by atoms with Crippen LogP contribution >= 0.6 is 27.5 Å². The summed E-state index contributed by atoms with van der Waals surface area (Å²) < 4.78 is 0.680. The molecule has 0 spiro atoms. The molecule has 0 aliphatic heterocycles. The maximum atomic E-state index is 12.2. The van der Waals surface area contributed by atoms with Crippen LogP contribution < -0.4 is 10.2 Å². The van der Waals surface area contributed by atoms with E-state index in [9.17, 15) is 4.79 Å². The van der Waals surface area contributed by atoms with Crippen LogP contribution in [0.25, 0.3) is 0 Å². The van der Waals surface area contributed by atoms with Gasteiger partial charge in [-0.1, -0.05) is 17.7 Å². The van der Waals surface area contributed by atoms with Crippen molar-refractivity contribution in [1.29, 1.82) is 0 Å². The lowest BCUT2D eigenvalue weighted by Crippen LogP contribution is -2.13. The summed E-state index contributed by atoms with van der Waals surface area (Å²) in [5.74, 6) is -0.168. The van der Waals surface area contributed by atoms with E-state index in [1.54, 1.807) is 30.3 Å².